The number of anilines is 1. The minimum atomic E-state index is -0.460. The molecule has 1 amide bonds. The molecule has 0 atom stereocenters. The van der Waals surface area contributed by atoms with Gasteiger partial charge in [-0.05, 0) is 31.6 Å². The number of carbonyl (C=O) groups is 2. The number of carbonyl (C=O) groups excluding carboxylic acids is 2. The molecule has 0 saturated carbocycles. The zero-order chi connectivity index (χ0) is 21.5. The standard InChI is InChI=1S/C24H23NO4S/c1-4-29-24(27)22-19(17-11-9-16(2)10-12-17)15-30-23(22)25-21(26)14-13-18-7-5-6-8-20(18)28-3/h5-15H,4H2,1-3H3,(H,25,26)/b14-13+. The van der Waals surface area contributed by atoms with Gasteiger partial charge in [0.1, 0.15) is 16.3 Å². The summed E-state index contributed by atoms with van der Waals surface area (Å²) in [7, 11) is 1.58. The number of para-hydroxylation sites is 1. The predicted molar refractivity (Wildman–Crippen MR) is 121 cm³/mol. The molecule has 0 fully saturated rings. The third-order valence-electron chi connectivity index (χ3n) is 4.42. The van der Waals surface area contributed by atoms with Crippen LogP contribution in [0.2, 0.25) is 0 Å². The van der Waals surface area contributed by atoms with E-state index in [2.05, 4.69) is 5.32 Å². The van der Waals surface area contributed by atoms with E-state index in [1.807, 2.05) is 60.8 Å². The quantitative estimate of drug-likeness (QED) is 0.401. The van der Waals surface area contributed by atoms with Crippen molar-refractivity contribution in [2.75, 3.05) is 19.0 Å². The van der Waals surface area contributed by atoms with Crippen molar-refractivity contribution in [1.29, 1.82) is 0 Å². The van der Waals surface area contributed by atoms with Crippen molar-refractivity contribution in [1.82, 2.24) is 0 Å². The maximum atomic E-state index is 12.6. The highest BCUT2D eigenvalue weighted by atomic mass is 32.1. The SMILES string of the molecule is CCOC(=O)c1c(-c2ccc(C)cc2)csc1NC(=O)/C=C/c1ccccc1OC. The summed E-state index contributed by atoms with van der Waals surface area (Å²) in [5.74, 6) is -0.131. The highest BCUT2D eigenvalue weighted by Crippen LogP contribution is 2.36. The van der Waals surface area contributed by atoms with Crippen LogP contribution in [-0.2, 0) is 9.53 Å². The number of rotatable bonds is 7. The van der Waals surface area contributed by atoms with Crippen LogP contribution in [0.1, 0.15) is 28.4 Å². The van der Waals surface area contributed by atoms with E-state index >= 15 is 0 Å². The monoisotopic (exact) mass is 421 g/mol. The molecule has 0 spiro atoms. The van der Waals surface area contributed by atoms with Crippen LogP contribution in [0.15, 0.2) is 60.0 Å². The van der Waals surface area contributed by atoms with Crippen molar-refractivity contribution >= 4 is 34.3 Å². The average molecular weight is 422 g/mol. The van der Waals surface area contributed by atoms with Gasteiger partial charge < -0.3 is 14.8 Å². The Kier molecular flexibility index (Phi) is 7.03. The molecule has 3 rings (SSSR count). The van der Waals surface area contributed by atoms with E-state index in [1.54, 1.807) is 20.1 Å². The molecule has 1 aromatic heterocycles. The molecule has 30 heavy (non-hydrogen) atoms. The molecular formula is C24H23NO4S. The number of methoxy groups -OCH3 is 1. The van der Waals surface area contributed by atoms with Crippen LogP contribution in [0.5, 0.6) is 5.75 Å². The first-order chi connectivity index (χ1) is 14.5. The Bertz CT molecular complexity index is 1070. The average Bonchev–Trinajstić information content (AvgIpc) is 3.16. The molecule has 0 aliphatic heterocycles. The van der Waals surface area contributed by atoms with E-state index in [1.165, 1.54) is 17.4 Å². The van der Waals surface area contributed by atoms with Gasteiger partial charge in [0.15, 0.2) is 0 Å². The van der Waals surface area contributed by atoms with Crippen LogP contribution in [0.25, 0.3) is 17.2 Å². The predicted octanol–water partition coefficient (Wildman–Crippen LogP) is 5.56. The topological polar surface area (TPSA) is 64.6 Å². The fourth-order valence-corrected chi connectivity index (χ4v) is 3.88. The second-order valence-electron chi connectivity index (χ2n) is 6.50. The highest BCUT2D eigenvalue weighted by Gasteiger charge is 2.22. The lowest BCUT2D eigenvalue weighted by atomic mass is 10.0. The first-order valence-corrected chi connectivity index (χ1v) is 10.4. The van der Waals surface area contributed by atoms with Crippen LogP contribution in [-0.4, -0.2) is 25.6 Å². The van der Waals surface area contributed by atoms with Crippen LogP contribution in [0, 0.1) is 6.92 Å². The number of amides is 1. The normalized spacial score (nSPS) is 10.8. The van der Waals surface area contributed by atoms with Crippen molar-refractivity contribution < 1.29 is 19.1 Å². The molecule has 0 saturated heterocycles. The maximum Gasteiger partial charge on any atom is 0.341 e. The maximum absolute atomic E-state index is 12.6. The molecule has 0 unspecified atom stereocenters. The lowest BCUT2D eigenvalue weighted by Gasteiger charge is -2.08. The van der Waals surface area contributed by atoms with Crippen molar-refractivity contribution in [2.45, 2.75) is 13.8 Å². The van der Waals surface area contributed by atoms with E-state index in [0.29, 0.717) is 16.3 Å². The Morgan fingerprint density at radius 2 is 1.83 bits per heavy atom. The molecule has 0 bridgehead atoms. The molecule has 2 aromatic carbocycles. The van der Waals surface area contributed by atoms with Gasteiger partial charge in [0.2, 0.25) is 5.91 Å². The number of esters is 1. The summed E-state index contributed by atoms with van der Waals surface area (Å²) in [5, 5.41) is 5.12. The van der Waals surface area contributed by atoms with Gasteiger partial charge in [0.05, 0.1) is 13.7 Å². The number of aryl methyl sites for hydroxylation is 1. The van der Waals surface area contributed by atoms with E-state index in [9.17, 15) is 9.59 Å². The van der Waals surface area contributed by atoms with Crippen LogP contribution in [0.3, 0.4) is 0 Å². The highest BCUT2D eigenvalue weighted by molar-refractivity contribution is 7.15. The molecule has 6 heteroatoms. The zero-order valence-corrected chi connectivity index (χ0v) is 17.9. The fraction of sp³-hybridized carbons (Fsp3) is 0.167. The summed E-state index contributed by atoms with van der Waals surface area (Å²) in [6, 6.07) is 15.3. The Balaban J connectivity index is 1.88. The smallest absolute Gasteiger partial charge is 0.341 e. The van der Waals surface area contributed by atoms with Gasteiger partial charge in [-0.2, -0.15) is 0 Å². The minimum absolute atomic E-state index is 0.253. The Labute approximate surface area is 180 Å². The molecule has 1 N–H and O–H groups in total. The third kappa shape index (κ3) is 4.96. The number of benzene rings is 2. The van der Waals surface area contributed by atoms with Gasteiger partial charge >= 0.3 is 5.97 Å². The number of nitrogens with one attached hydrogen (secondary N) is 1. The fourth-order valence-electron chi connectivity index (χ4n) is 2.92. The van der Waals surface area contributed by atoms with Crippen molar-refractivity contribution in [3.63, 3.8) is 0 Å². The molecule has 0 aliphatic rings. The van der Waals surface area contributed by atoms with E-state index < -0.39 is 5.97 Å². The van der Waals surface area contributed by atoms with Gasteiger partial charge in [-0.1, -0.05) is 48.0 Å². The lowest BCUT2D eigenvalue weighted by Crippen LogP contribution is -2.12. The summed E-state index contributed by atoms with van der Waals surface area (Å²) in [6.07, 6.45) is 3.09. The first kappa shape index (κ1) is 21.3. The van der Waals surface area contributed by atoms with Crippen molar-refractivity contribution in [3.8, 4) is 16.9 Å². The van der Waals surface area contributed by atoms with Gasteiger partial charge in [-0.3, -0.25) is 4.79 Å². The first-order valence-electron chi connectivity index (χ1n) is 9.51. The third-order valence-corrected chi connectivity index (χ3v) is 5.32. The Hall–Kier alpha value is -3.38. The Morgan fingerprint density at radius 1 is 1.10 bits per heavy atom. The number of ether oxygens (including phenoxy) is 2. The van der Waals surface area contributed by atoms with Gasteiger partial charge in [0.25, 0.3) is 0 Å². The van der Waals surface area contributed by atoms with E-state index in [-0.39, 0.29) is 12.5 Å². The summed E-state index contributed by atoms with van der Waals surface area (Å²) in [6.45, 7) is 4.01. The van der Waals surface area contributed by atoms with E-state index in [0.717, 1.165) is 22.3 Å². The van der Waals surface area contributed by atoms with Gasteiger partial charge in [0, 0.05) is 22.6 Å². The van der Waals surface area contributed by atoms with Gasteiger partial charge in [-0.25, -0.2) is 4.79 Å². The second kappa shape index (κ2) is 9.89. The zero-order valence-electron chi connectivity index (χ0n) is 17.1. The number of hydrogen-bond donors (Lipinski definition) is 1. The summed E-state index contributed by atoms with van der Waals surface area (Å²) >= 11 is 1.30. The number of hydrogen-bond acceptors (Lipinski definition) is 5. The molecule has 3 aromatic rings. The van der Waals surface area contributed by atoms with Crippen molar-refractivity contribution in [2.24, 2.45) is 0 Å². The molecule has 1 heterocycles. The van der Waals surface area contributed by atoms with Crippen LogP contribution < -0.4 is 10.1 Å². The molecule has 154 valence electrons. The summed E-state index contributed by atoms with van der Waals surface area (Å²) in [5.41, 5.74) is 3.91. The number of thiophene rings is 1. The van der Waals surface area contributed by atoms with Crippen LogP contribution >= 0.6 is 11.3 Å². The Morgan fingerprint density at radius 3 is 2.53 bits per heavy atom. The minimum Gasteiger partial charge on any atom is -0.496 e. The van der Waals surface area contributed by atoms with Crippen LogP contribution in [0.4, 0.5) is 5.00 Å². The van der Waals surface area contributed by atoms with E-state index in [4.69, 9.17) is 9.47 Å². The summed E-state index contributed by atoms with van der Waals surface area (Å²) in [4.78, 5) is 25.2. The molecule has 0 aliphatic carbocycles. The summed E-state index contributed by atoms with van der Waals surface area (Å²) < 4.78 is 10.5. The lowest BCUT2D eigenvalue weighted by molar-refractivity contribution is -0.111. The van der Waals surface area contributed by atoms with Crippen molar-refractivity contribution in [3.05, 3.63) is 76.7 Å². The largest absolute Gasteiger partial charge is 0.496 e. The van der Waals surface area contributed by atoms with Gasteiger partial charge in [-0.15, -0.1) is 11.3 Å². The second-order valence-corrected chi connectivity index (χ2v) is 7.38. The molecule has 5 nitrogen and oxygen atoms in total. The molecule has 0 radical (unpaired) electrons. The molecular weight excluding hydrogens is 398 g/mol.